The number of allylic oxidation sites excluding steroid dienone is 2. The summed E-state index contributed by atoms with van der Waals surface area (Å²) in [5.74, 6) is -1.94. The van der Waals surface area contributed by atoms with Gasteiger partial charge in [0.25, 0.3) is 0 Å². The molecule has 7 nitrogen and oxygen atoms in total. The second-order valence-electron chi connectivity index (χ2n) is 9.73. The molecule has 2 unspecified atom stereocenters. The van der Waals surface area contributed by atoms with Crippen LogP contribution in [0.1, 0.15) is 80.0 Å². The van der Waals surface area contributed by atoms with Crippen molar-refractivity contribution in [2.45, 2.75) is 77.8 Å². The van der Waals surface area contributed by atoms with Crippen molar-refractivity contribution in [3.63, 3.8) is 0 Å². The second-order valence-corrected chi connectivity index (χ2v) is 9.73. The zero-order valence-corrected chi connectivity index (χ0v) is 21.3. The average molecular weight is 473 g/mol. The van der Waals surface area contributed by atoms with Crippen molar-refractivity contribution in [3.05, 3.63) is 33.9 Å². The molecule has 0 radical (unpaired) electrons. The third-order valence-corrected chi connectivity index (χ3v) is 7.68. The molecule has 7 heteroatoms. The summed E-state index contributed by atoms with van der Waals surface area (Å²) in [6.45, 7) is 10.4. The lowest BCUT2D eigenvalue weighted by Crippen LogP contribution is -2.43. The van der Waals surface area contributed by atoms with E-state index in [0.717, 1.165) is 12.3 Å². The topological polar surface area (TPSA) is 90.3 Å². The van der Waals surface area contributed by atoms with Crippen LogP contribution >= 0.6 is 0 Å². The number of nitrogens with zero attached hydrogens (tertiary/aromatic N) is 2. The van der Waals surface area contributed by atoms with Crippen molar-refractivity contribution >= 4 is 17.5 Å². The number of rotatable bonds is 6. The molecule has 1 aromatic rings. The Bertz CT molecular complexity index is 943. The molecule has 188 valence electrons. The van der Waals surface area contributed by atoms with E-state index in [-0.39, 0.29) is 0 Å². The van der Waals surface area contributed by atoms with Gasteiger partial charge in [-0.2, -0.15) is 0 Å². The van der Waals surface area contributed by atoms with Gasteiger partial charge in [0.05, 0.1) is 13.3 Å². The smallest absolute Gasteiger partial charge is 0.414 e. The van der Waals surface area contributed by atoms with Crippen molar-refractivity contribution < 1.29 is 24.5 Å². The number of aliphatic carboxylic acids is 2. The summed E-state index contributed by atoms with van der Waals surface area (Å²) >= 11 is 0. The number of carbonyl (C=O) groups is 2. The molecule has 1 heterocycles. The van der Waals surface area contributed by atoms with Gasteiger partial charge in [-0.05, 0) is 101 Å². The van der Waals surface area contributed by atoms with E-state index in [1.165, 1.54) is 74.7 Å². The van der Waals surface area contributed by atoms with Gasteiger partial charge in [0.1, 0.15) is 5.75 Å². The summed E-state index contributed by atoms with van der Waals surface area (Å²) < 4.78 is 5.97. The first-order valence-electron chi connectivity index (χ1n) is 12.5. The van der Waals surface area contributed by atoms with E-state index in [1.807, 2.05) is 7.11 Å². The van der Waals surface area contributed by atoms with Gasteiger partial charge in [0.15, 0.2) is 0 Å². The third-order valence-electron chi connectivity index (χ3n) is 7.68. The maximum absolute atomic E-state index is 9.10. The fourth-order valence-electron chi connectivity index (χ4n) is 6.25. The minimum absolute atomic E-state index is 0.553. The molecule has 0 amide bonds. The number of hydrogen-bond donors (Lipinski definition) is 2. The first-order valence-corrected chi connectivity index (χ1v) is 12.5. The summed E-state index contributed by atoms with van der Waals surface area (Å²) in [6.07, 6.45) is 9.75. The van der Waals surface area contributed by atoms with Crippen molar-refractivity contribution in [3.8, 4) is 5.75 Å². The van der Waals surface area contributed by atoms with Crippen molar-refractivity contribution in [2.75, 3.05) is 33.8 Å². The van der Waals surface area contributed by atoms with Gasteiger partial charge in [-0.3, -0.25) is 9.80 Å². The molecule has 3 aliphatic rings. The fourth-order valence-corrected chi connectivity index (χ4v) is 6.25. The van der Waals surface area contributed by atoms with E-state index >= 15 is 0 Å². The van der Waals surface area contributed by atoms with Crippen molar-refractivity contribution in [2.24, 2.45) is 0 Å². The summed E-state index contributed by atoms with van der Waals surface area (Å²) in [7, 11) is 4.19. The van der Waals surface area contributed by atoms with Crippen LogP contribution in [0.15, 0.2) is 11.6 Å². The Kier molecular flexibility index (Phi) is 8.77. The summed E-state index contributed by atoms with van der Waals surface area (Å²) in [5, 5.41) is 14.8. The molecule has 0 spiro atoms. The molecular weight excluding hydrogens is 432 g/mol. The lowest BCUT2D eigenvalue weighted by molar-refractivity contribution is -0.159. The highest BCUT2D eigenvalue weighted by Crippen LogP contribution is 2.54. The van der Waals surface area contributed by atoms with Crippen molar-refractivity contribution in [1.29, 1.82) is 0 Å². The van der Waals surface area contributed by atoms with Crippen LogP contribution in [0.2, 0.25) is 0 Å². The van der Waals surface area contributed by atoms with Gasteiger partial charge in [0.2, 0.25) is 0 Å². The maximum atomic E-state index is 9.10. The third kappa shape index (κ3) is 5.31. The molecule has 2 atom stereocenters. The van der Waals surface area contributed by atoms with Crippen LogP contribution in [0, 0.1) is 13.8 Å². The number of hydrogen-bond acceptors (Lipinski definition) is 5. The molecule has 2 aliphatic carbocycles. The lowest BCUT2D eigenvalue weighted by atomic mass is 9.85. The van der Waals surface area contributed by atoms with E-state index in [1.54, 1.807) is 16.7 Å². The Hall–Kier alpha value is -2.38. The monoisotopic (exact) mass is 472 g/mol. The largest absolute Gasteiger partial charge is 0.496 e. The summed E-state index contributed by atoms with van der Waals surface area (Å²) in [5.41, 5.74) is 9.21. The minimum atomic E-state index is -1.82. The second kappa shape index (κ2) is 11.4. The first kappa shape index (κ1) is 26.2. The SMILES string of the molecule is CCN1CCCC1N(C)CCC1C2=C(CCCC2)c2c(C)cc(C)c(OC)c21.O=C(O)C(=O)O. The molecule has 1 aliphatic heterocycles. The zero-order valence-electron chi connectivity index (χ0n) is 21.3. The maximum Gasteiger partial charge on any atom is 0.414 e. The molecule has 1 saturated heterocycles. The summed E-state index contributed by atoms with van der Waals surface area (Å²) in [4.78, 5) is 23.5. The van der Waals surface area contributed by atoms with Crippen LogP contribution in [0.3, 0.4) is 0 Å². The number of benzene rings is 1. The highest BCUT2D eigenvalue weighted by molar-refractivity contribution is 6.27. The van der Waals surface area contributed by atoms with E-state index in [9.17, 15) is 0 Å². The van der Waals surface area contributed by atoms with Crippen LogP contribution in [0.5, 0.6) is 5.75 Å². The molecule has 1 aromatic carbocycles. The van der Waals surface area contributed by atoms with Gasteiger partial charge in [-0.25, -0.2) is 9.59 Å². The number of ether oxygens (including phenoxy) is 1. The summed E-state index contributed by atoms with van der Waals surface area (Å²) in [6, 6.07) is 2.34. The Morgan fingerprint density at radius 1 is 1.12 bits per heavy atom. The van der Waals surface area contributed by atoms with Crippen LogP contribution in [-0.4, -0.2) is 71.9 Å². The number of aryl methyl sites for hydroxylation is 2. The predicted molar refractivity (Wildman–Crippen MR) is 133 cm³/mol. The van der Waals surface area contributed by atoms with E-state index in [2.05, 4.69) is 43.7 Å². The molecule has 0 aromatic heterocycles. The number of methoxy groups -OCH3 is 1. The van der Waals surface area contributed by atoms with Crippen LogP contribution in [-0.2, 0) is 9.59 Å². The van der Waals surface area contributed by atoms with Crippen LogP contribution in [0.25, 0.3) is 5.57 Å². The molecule has 4 rings (SSSR count). The number of carboxylic acids is 2. The number of likely N-dealkylation sites (tertiary alicyclic amines) is 1. The predicted octanol–water partition coefficient (Wildman–Crippen LogP) is 4.66. The molecular formula is C27H40N2O5. The molecule has 0 saturated carbocycles. The Balaban J connectivity index is 0.000000481. The fraction of sp³-hybridized carbons (Fsp3) is 0.630. The number of carboxylic acid groups (broad SMARTS) is 2. The zero-order chi connectivity index (χ0) is 25.0. The van der Waals surface area contributed by atoms with Crippen molar-refractivity contribution in [1.82, 2.24) is 9.80 Å². The van der Waals surface area contributed by atoms with Gasteiger partial charge in [-0.1, -0.05) is 18.6 Å². The quantitative estimate of drug-likeness (QED) is 0.582. The number of fused-ring (bicyclic) bond motifs is 2. The van der Waals surface area contributed by atoms with E-state index in [0.29, 0.717) is 12.1 Å². The minimum Gasteiger partial charge on any atom is -0.496 e. The van der Waals surface area contributed by atoms with Crippen LogP contribution < -0.4 is 4.74 Å². The average Bonchev–Trinajstić information content (AvgIpc) is 3.41. The Morgan fingerprint density at radius 2 is 1.79 bits per heavy atom. The molecule has 1 fully saturated rings. The lowest BCUT2D eigenvalue weighted by Gasteiger charge is -2.33. The van der Waals surface area contributed by atoms with Gasteiger partial charge in [0, 0.05) is 18.0 Å². The highest BCUT2D eigenvalue weighted by atomic mass is 16.5. The first-order chi connectivity index (χ1) is 16.2. The highest BCUT2D eigenvalue weighted by Gasteiger charge is 2.37. The Morgan fingerprint density at radius 3 is 2.41 bits per heavy atom. The van der Waals surface area contributed by atoms with Gasteiger partial charge in [-0.15, -0.1) is 0 Å². The van der Waals surface area contributed by atoms with Crippen LogP contribution in [0.4, 0.5) is 0 Å². The molecule has 0 bridgehead atoms. The normalized spacial score (nSPS) is 21.7. The van der Waals surface area contributed by atoms with Gasteiger partial charge < -0.3 is 14.9 Å². The molecule has 34 heavy (non-hydrogen) atoms. The molecule has 2 N–H and O–H groups in total. The van der Waals surface area contributed by atoms with E-state index < -0.39 is 11.9 Å². The van der Waals surface area contributed by atoms with E-state index in [4.69, 9.17) is 24.5 Å². The Labute approximate surface area is 203 Å². The standard InChI is InChI=1S/C25H38N2O.C2H2O4/c1-6-27-14-9-12-22(27)26(4)15-13-21-19-10-7-8-11-20(19)23-17(2)16-18(3)25(28-5)24(21)23;3-1(4)2(5)6/h16,21-22H,6-15H2,1-5H3;(H,3,4)(H,5,6). The van der Waals surface area contributed by atoms with Gasteiger partial charge >= 0.3 is 11.9 Å².